The number of ether oxygens (including phenoxy) is 1. The maximum Gasteiger partial charge on any atom is 0.306 e. The maximum atomic E-state index is 12.2. The predicted octanol–water partition coefficient (Wildman–Crippen LogP) is 5.58. The minimum atomic E-state index is -0.303. The van der Waals surface area contributed by atoms with Gasteiger partial charge in [0, 0.05) is 22.8 Å². The molecule has 5 heteroatoms. The SMILES string of the molecule is CC[C@]12CCC3C(CCC4=C(Cl)C(N=O)CC[C@@H]43)C1C1CC1[C@@]21CCC(=O)O1. The molecule has 4 nitrogen and oxygen atoms in total. The number of rotatable bonds is 2. The Morgan fingerprint density at radius 1 is 1.11 bits per heavy atom. The van der Waals surface area contributed by atoms with Crippen LogP contribution in [-0.2, 0) is 9.53 Å². The van der Waals surface area contributed by atoms with E-state index >= 15 is 0 Å². The van der Waals surface area contributed by atoms with Crippen molar-refractivity contribution in [3.05, 3.63) is 15.5 Å². The Kier molecular flexibility index (Phi) is 3.73. The van der Waals surface area contributed by atoms with Gasteiger partial charge >= 0.3 is 5.97 Å². The van der Waals surface area contributed by atoms with Crippen molar-refractivity contribution in [1.29, 1.82) is 0 Å². The number of fused-ring (bicyclic) bond motifs is 9. The summed E-state index contributed by atoms with van der Waals surface area (Å²) in [5.41, 5.74) is 1.42. The Labute approximate surface area is 171 Å². The van der Waals surface area contributed by atoms with Crippen LogP contribution in [0.3, 0.4) is 0 Å². The van der Waals surface area contributed by atoms with Gasteiger partial charge in [-0.15, -0.1) is 0 Å². The molecule has 0 radical (unpaired) electrons. The molecular weight excluding hydrogens is 374 g/mol. The van der Waals surface area contributed by atoms with Crippen LogP contribution in [0.25, 0.3) is 0 Å². The fourth-order valence-corrected chi connectivity index (χ4v) is 9.64. The largest absolute Gasteiger partial charge is 0.458 e. The number of carbonyl (C=O) groups excluding carboxylic acids is 1. The summed E-state index contributed by atoms with van der Waals surface area (Å²) in [6.45, 7) is 2.35. The van der Waals surface area contributed by atoms with Crippen LogP contribution in [0.15, 0.2) is 15.8 Å². The second-order valence-corrected chi connectivity index (χ2v) is 10.9. The van der Waals surface area contributed by atoms with Crippen molar-refractivity contribution >= 4 is 17.6 Å². The van der Waals surface area contributed by atoms with Crippen LogP contribution in [-0.4, -0.2) is 17.6 Å². The molecular formula is C23H30ClNO3. The maximum absolute atomic E-state index is 12.2. The number of hydrogen-bond acceptors (Lipinski definition) is 4. The van der Waals surface area contributed by atoms with E-state index in [-0.39, 0.29) is 23.0 Å². The summed E-state index contributed by atoms with van der Waals surface area (Å²) in [5, 5.41) is 4.06. The number of carbonyl (C=O) groups is 1. The van der Waals surface area contributed by atoms with Crippen molar-refractivity contribution in [2.75, 3.05) is 0 Å². The van der Waals surface area contributed by atoms with E-state index < -0.39 is 0 Å². The minimum Gasteiger partial charge on any atom is -0.458 e. The van der Waals surface area contributed by atoms with Crippen molar-refractivity contribution < 1.29 is 9.53 Å². The summed E-state index contributed by atoms with van der Waals surface area (Å²) in [6, 6.07) is -0.303. The molecule has 0 bridgehead atoms. The first-order valence-electron chi connectivity index (χ1n) is 11.5. The predicted molar refractivity (Wildman–Crippen MR) is 107 cm³/mol. The van der Waals surface area contributed by atoms with Crippen LogP contribution in [0.4, 0.5) is 0 Å². The van der Waals surface area contributed by atoms with Crippen LogP contribution in [0.5, 0.6) is 0 Å². The Morgan fingerprint density at radius 3 is 2.68 bits per heavy atom. The number of hydrogen-bond donors (Lipinski definition) is 0. The van der Waals surface area contributed by atoms with Crippen LogP contribution in [0, 0.1) is 45.8 Å². The number of allylic oxidation sites excluding steroid dienone is 1. The molecule has 0 aromatic rings. The van der Waals surface area contributed by atoms with E-state index in [0.29, 0.717) is 24.2 Å². The molecule has 1 heterocycles. The quantitative estimate of drug-likeness (QED) is 0.446. The molecule has 9 atom stereocenters. The van der Waals surface area contributed by atoms with Gasteiger partial charge in [0.05, 0.1) is 0 Å². The zero-order valence-electron chi connectivity index (χ0n) is 16.7. The third kappa shape index (κ3) is 1.97. The number of halogens is 1. The van der Waals surface area contributed by atoms with Crippen LogP contribution >= 0.6 is 11.6 Å². The molecule has 6 rings (SSSR count). The van der Waals surface area contributed by atoms with Gasteiger partial charge in [-0.2, -0.15) is 4.91 Å². The number of nitroso groups, excluding NO2 is 1. The molecule has 6 aliphatic rings. The average molecular weight is 404 g/mol. The summed E-state index contributed by atoms with van der Waals surface area (Å²) in [7, 11) is 0. The first-order valence-corrected chi connectivity index (χ1v) is 11.9. The molecule has 0 aromatic heterocycles. The normalized spacial score (nSPS) is 53.9. The van der Waals surface area contributed by atoms with Gasteiger partial charge in [0.1, 0.15) is 11.6 Å². The van der Waals surface area contributed by atoms with Crippen molar-refractivity contribution in [3.8, 4) is 0 Å². The van der Waals surface area contributed by atoms with E-state index in [9.17, 15) is 9.70 Å². The molecule has 152 valence electrons. The molecule has 5 aliphatic carbocycles. The van der Waals surface area contributed by atoms with E-state index in [0.717, 1.165) is 54.9 Å². The molecule has 1 saturated heterocycles. The van der Waals surface area contributed by atoms with E-state index in [2.05, 4.69) is 12.1 Å². The lowest BCUT2D eigenvalue weighted by molar-refractivity contribution is -0.179. The topological polar surface area (TPSA) is 55.7 Å². The van der Waals surface area contributed by atoms with Gasteiger partial charge in [0.25, 0.3) is 0 Å². The Hall–Kier alpha value is -0.900. The molecule has 5 fully saturated rings. The lowest BCUT2D eigenvalue weighted by Gasteiger charge is -2.58. The number of esters is 1. The van der Waals surface area contributed by atoms with Gasteiger partial charge in [-0.05, 0) is 93.0 Å². The van der Waals surface area contributed by atoms with E-state index in [4.69, 9.17) is 16.3 Å². The molecule has 0 aromatic carbocycles. The molecule has 6 unspecified atom stereocenters. The molecule has 1 spiro atoms. The van der Waals surface area contributed by atoms with Gasteiger partial charge < -0.3 is 4.74 Å². The van der Waals surface area contributed by atoms with Crippen molar-refractivity contribution in [2.45, 2.75) is 82.8 Å². The van der Waals surface area contributed by atoms with E-state index in [1.165, 1.54) is 31.3 Å². The first kappa shape index (κ1) is 17.9. The molecule has 1 aliphatic heterocycles. The highest BCUT2D eigenvalue weighted by Crippen LogP contribution is 2.79. The molecule has 0 N–H and O–H groups in total. The monoisotopic (exact) mass is 403 g/mol. The summed E-state index contributed by atoms with van der Waals surface area (Å²) in [5.74, 6) is 4.14. The second kappa shape index (κ2) is 5.83. The smallest absolute Gasteiger partial charge is 0.306 e. The van der Waals surface area contributed by atoms with Crippen LogP contribution in [0.1, 0.15) is 71.1 Å². The lowest BCUT2D eigenvalue weighted by Crippen LogP contribution is -2.56. The summed E-state index contributed by atoms with van der Waals surface area (Å²) >= 11 is 6.63. The fraction of sp³-hybridized carbons (Fsp3) is 0.870. The van der Waals surface area contributed by atoms with Crippen molar-refractivity contribution in [3.63, 3.8) is 0 Å². The Morgan fingerprint density at radius 2 is 1.96 bits per heavy atom. The summed E-state index contributed by atoms with van der Waals surface area (Å²) in [4.78, 5) is 23.4. The van der Waals surface area contributed by atoms with Gasteiger partial charge in [-0.3, -0.25) is 4.79 Å². The van der Waals surface area contributed by atoms with E-state index in [1.54, 1.807) is 0 Å². The first-order chi connectivity index (χ1) is 13.6. The van der Waals surface area contributed by atoms with Crippen molar-refractivity contribution in [2.24, 2.45) is 46.1 Å². The molecule has 4 saturated carbocycles. The summed E-state index contributed by atoms with van der Waals surface area (Å²) in [6.07, 6.45) is 10.5. The van der Waals surface area contributed by atoms with Gasteiger partial charge in [-0.1, -0.05) is 23.7 Å². The average Bonchev–Trinajstić information content (AvgIpc) is 3.35. The third-order valence-electron chi connectivity index (χ3n) is 10.1. The van der Waals surface area contributed by atoms with Gasteiger partial charge in [0.2, 0.25) is 0 Å². The summed E-state index contributed by atoms with van der Waals surface area (Å²) < 4.78 is 6.24. The molecule has 0 amide bonds. The highest BCUT2D eigenvalue weighted by Gasteiger charge is 2.79. The van der Waals surface area contributed by atoms with Crippen LogP contribution < -0.4 is 0 Å². The Balaban J connectivity index is 1.37. The van der Waals surface area contributed by atoms with Crippen molar-refractivity contribution in [1.82, 2.24) is 0 Å². The Bertz CT molecular complexity index is 780. The lowest BCUT2D eigenvalue weighted by atomic mass is 9.47. The van der Waals surface area contributed by atoms with Crippen LogP contribution in [0.2, 0.25) is 0 Å². The zero-order valence-corrected chi connectivity index (χ0v) is 17.4. The third-order valence-corrected chi connectivity index (χ3v) is 10.6. The van der Waals surface area contributed by atoms with Gasteiger partial charge in [0.15, 0.2) is 0 Å². The van der Waals surface area contributed by atoms with Gasteiger partial charge in [-0.25, -0.2) is 0 Å². The highest BCUT2D eigenvalue weighted by molar-refractivity contribution is 6.30. The number of nitrogens with zero attached hydrogens (tertiary/aromatic N) is 1. The molecule has 28 heavy (non-hydrogen) atoms. The second-order valence-electron chi connectivity index (χ2n) is 10.5. The minimum absolute atomic E-state index is 0.0431. The standard InChI is InChI=1S/C23H30ClNO3/c1-2-22-9-7-13-12-5-6-18(25-27)21(24)15(12)4-3-14(13)20(22)16-11-17(16)23(22)10-8-19(26)28-23/h12-14,16-18,20H,2-11H2,1H3/t12-,13?,14?,16?,17?,18?,20?,22+,23+/m1/s1. The van der Waals surface area contributed by atoms with E-state index in [1.807, 2.05) is 0 Å². The highest BCUT2D eigenvalue weighted by atomic mass is 35.5. The zero-order chi connectivity index (χ0) is 19.3. The fourth-order valence-electron chi connectivity index (χ4n) is 9.26.